The Balaban J connectivity index is 1.98. The number of halogens is 1. The first kappa shape index (κ1) is 12.7. The number of carbonyl (C=O) groups excluding carboxylic acids is 2. The lowest BCUT2D eigenvalue weighted by atomic mass is 10.0. The third-order valence-electron chi connectivity index (χ3n) is 3.06. The number of benzene rings is 1. The van der Waals surface area contributed by atoms with Crippen LogP contribution in [0.15, 0.2) is 24.3 Å². The zero-order valence-corrected chi connectivity index (χ0v) is 10.1. The number of piperidine rings is 1. The van der Waals surface area contributed by atoms with Gasteiger partial charge in [-0.25, -0.2) is 4.39 Å². The lowest BCUT2D eigenvalue weighted by molar-refractivity contribution is -0.134. The monoisotopic (exact) mass is 250 g/mol. The molecule has 0 spiro atoms. The molecule has 2 N–H and O–H groups in total. The second kappa shape index (κ2) is 5.27. The van der Waals surface area contributed by atoms with Gasteiger partial charge in [0, 0.05) is 12.5 Å². The number of nitrogens with one attached hydrogen (secondary N) is 2. The molecular formula is C13H15FN2O2. The van der Waals surface area contributed by atoms with Gasteiger partial charge < -0.3 is 0 Å². The molecule has 0 radical (unpaired) electrons. The Morgan fingerprint density at radius 2 is 2.00 bits per heavy atom. The highest BCUT2D eigenvalue weighted by molar-refractivity contribution is 6.00. The molecular weight excluding hydrogens is 235 g/mol. The largest absolute Gasteiger partial charge is 0.299 e. The van der Waals surface area contributed by atoms with Gasteiger partial charge in [0.2, 0.25) is 11.8 Å². The molecule has 1 fully saturated rings. The molecule has 2 unspecified atom stereocenters. The van der Waals surface area contributed by atoms with E-state index in [9.17, 15) is 14.0 Å². The number of hydrogen-bond acceptors (Lipinski definition) is 3. The van der Waals surface area contributed by atoms with Crippen LogP contribution in [0, 0.1) is 5.82 Å². The van der Waals surface area contributed by atoms with Crippen LogP contribution in [-0.4, -0.2) is 17.9 Å². The van der Waals surface area contributed by atoms with Gasteiger partial charge in [-0.05, 0) is 31.0 Å². The van der Waals surface area contributed by atoms with Crippen LogP contribution in [0.4, 0.5) is 4.39 Å². The third-order valence-corrected chi connectivity index (χ3v) is 3.06. The van der Waals surface area contributed by atoms with Crippen molar-refractivity contribution in [2.75, 3.05) is 0 Å². The predicted molar refractivity (Wildman–Crippen MR) is 64.1 cm³/mol. The molecule has 4 nitrogen and oxygen atoms in total. The van der Waals surface area contributed by atoms with Crippen molar-refractivity contribution < 1.29 is 14.0 Å². The molecule has 1 saturated heterocycles. The van der Waals surface area contributed by atoms with E-state index >= 15 is 0 Å². The van der Waals surface area contributed by atoms with Crippen molar-refractivity contribution in [1.29, 1.82) is 0 Å². The zero-order valence-electron chi connectivity index (χ0n) is 10.1. The van der Waals surface area contributed by atoms with Gasteiger partial charge in [-0.3, -0.25) is 20.2 Å². The summed E-state index contributed by atoms with van der Waals surface area (Å²) in [7, 11) is 0. The summed E-state index contributed by atoms with van der Waals surface area (Å²) in [5, 5.41) is 5.43. The maximum Gasteiger partial charge on any atom is 0.243 e. The summed E-state index contributed by atoms with van der Waals surface area (Å²) < 4.78 is 12.8. The van der Waals surface area contributed by atoms with Gasteiger partial charge in [-0.15, -0.1) is 0 Å². The van der Waals surface area contributed by atoms with Crippen molar-refractivity contribution in [2.45, 2.75) is 31.8 Å². The fraction of sp³-hybridized carbons (Fsp3) is 0.385. The zero-order chi connectivity index (χ0) is 13.1. The minimum atomic E-state index is -0.372. The van der Waals surface area contributed by atoms with Crippen molar-refractivity contribution in [1.82, 2.24) is 10.6 Å². The number of amides is 2. The fourth-order valence-corrected chi connectivity index (χ4v) is 2.00. The fourth-order valence-electron chi connectivity index (χ4n) is 2.00. The standard InChI is InChI=1S/C13H15FN2O2/c1-8(9-2-4-10(14)5-3-9)15-11-6-7-12(17)16-13(11)18/h2-5,8,11,15H,6-7H2,1H3,(H,16,17,18). The van der Waals surface area contributed by atoms with E-state index in [4.69, 9.17) is 0 Å². The second-order valence-electron chi connectivity index (χ2n) is 4.44. The molecule has 1 heterocycles. The lowest BCUT2D eigenvalue weighted by Gasteiger charge is -2.25. The van der Waals surface area contributed by atoms with E-state index in [0.717, 1.165) is 5.56 Å². The first-order valence-electron chi connectivity index (χ1n) is 5.91. The first-order valence-corrected chi connectivity index (χ1v) is 5.91. The van der Waals surface area contributed by atoms with Crippen LogP contribution >= 0.6 is 0 Å². The molecule has 1 aliphatic rings. The molecule has 0 aliphatic carbocycles. The molecule has 0 saturated carbocycles. The van der Waals surface area contributed by atoms with Crippen LogP contribution in [0.1, 0.15) is 31.4 Å². The van der Waals surface area contributed by atoms with Crippen molar-refractivity contribution in [2.24, 2.45) is 0 Å². The van der Waals surface area contributed by atoms with Crippen molar-refractivity contribution in [3.05, 3.63) is 35.6 Å². The highest BCUT2D eigenvalue weighted by Gasteiger charge is 2.27. The maximum atomic E-state index is 12.8. The van der Waals surface area contributed by atoms with Gasteiger partial charge in [0.25, 0.3) is 0 Å². The summed E-state index contributed by atoms with van der Waals surface area (Å²) in [4.78, 5) is 22.6. The van der Waals surface area contributed by atoms with E-state index in [1.54, 1.807) is 12.1 Å². The Morgan fingerprint density at radius 3 is 2.61 bits per heavy atom. The van der Waals surface area contributed by atoms with E-state index in [1.807, 2.05) is 6.92 Å². The lowest BCUT2D eigenvalue weighted by Crippen LogP contribution is -2.51. The number of imide groups is 1. The molecule has 0 bridgehead atoms. The van der Waals surface area contributed by atoms with Crippen molar-refractivity contribution in [3.63, 3.8) is 0 Å². The Kier molecular flexibility index (Phi) is 3.72. The van der Waals surface area contributed by atoms with Gasteiger partial charge in [-0.1, -0.05) is 12.1 Å². The smallest absolute Gasteiger partial charge is 0.243 e. The first-order chi connectivity index (χ1) is 8.56. The van der Waals surface area contributed by atoms with Gasteiger partial charge in [0.1, 0.15) is 5.82 Å². The number of carbonyl (C=O) groups is 2. The Bertz CT molecular complexity index is 459. The topological polar surface area (TPSA) is 58.2 Å². The number of hydrogen-bond donors (Lipinski definition) is 2. The summed E-state index contributed by atoms with van der Waals surface area (Å²) >= 11 is 0. The SMILES string of the molecule is CC(NC1CCC(=O)NC1=O)c1ccc(F)cc1. The Labute approximate surface area is 105 Å². The van der Waals surface area contributed by atoms with Gasteiger partial charge >= 0.3 is 0 Å². The van der Waals surface area contributed by atoms with Crippen LogP contribution in [0.5, 0.6) is 0 Å². The van der Waals surface area contributed by atoms with Crippen LogP contribution in [0.3, 0.4) is 0 Å². The quantitative estimate of drug-likeness (QED) is 0.794. The second-order valence-corrected chi connectivity index (χ2v) is 4.44. The average Bonchev–Trinajstić information content (AvgIpc) is 2.33. The molecule has 1 aliphatic heterocycles. The van der Waals surface area contributed by atoms with Gasteiger partial charge in [0.05, 0.1) is 6.04 Å². The van der Waals surface area contributed by atoms with Crippen LogP contribution in [-0.2, 0) is 9.59 Å². The van der Waals surface area contributed by atoms with Crippen molar-refractivity contribution in [3.8, 4) is 0 Å². The molecule has 2 rings (SSSR count). The molecule has 5 heteroatoms. The Hall–Kier alpha value is -1.75. The third kappa shape index (κ3) is 2.92. The normalized spacial score (nSPS) is 21.6. The average molecular weight is 250 g/mol. The van der Waals surface area contributed by atoms with E-state index < -0.39 is 0 Å². The van der Waals surface area contributed by atoms with Crippen molar-refractivity contribution >= 4 is 11.8 Å². The molecule has 96 valence electrons. The van der Waals surface area contributed by atoms with Gasteiger partial charge in [-0.2, -0.15) is 0 Å². The highest BCUT2D eigenvalue weighted by Crippen LogP contribution is 2.15. The van der Waals surface area contributed by atoms with Crippen LogP contribution < -0.4 is 10.6 Å². The summed E-state index contributed by atoms with van der Waals surface area (Å²) in [5.41, 5.74) is 0.904. The maximum absolute atomic E-state index is 12.8. The predicted octanol–water partition coefficient (Wildman–Crippen LogP) is 1.28. The minimum Gasteiger partial charge on any atom is -0.299 e. The van der Waals surface area contributed by atoms with Crippen LogP contribution in [0.25, 0.3) is 0 Å². The molecule has 0 aromatic heterocycles. The molecule has 18 heavy (non-hydrogen) atoms. The highest BCUT2D eigenvalue weighted by atomic mass is 19.1. The number of rotatable bonds is 3. The summed E-state index contributed by atoms with van der Waals surface area (Å²) in [6, 6.07) is 5.69. The molecule has 1 aromatic rings. The van der Waals surface area contributed by atoms with E-state index in [1.165, 1.54) is 12.1 Å². The van der Waals surface area contributed by atoms with Crippen LogP contribution in [0.2, 0.25) is 0 Å². The molecule has 2 atom stereocenters. The van der Waals surface area contributed by atoms with Gasteiger partial charge in [0.15, 0.2) is 0 Å². The van der Waals surface area contributed by atoms with E-state index in [-0.39, 0.29) is 29.7 Å². The van der Waals surface area contributed by atoms with E-state index in [2.05, 4.69) is 10.6 Å². The summed E-state index contributed by atoms with van der Waals surface area (Å²) in [6.45, 7) is 1.90. The summed E-state index contributed by atoms with van der Waals surface area (Å²) in [5.74, 6) is -0.806. The summed E-state index contributed by atoms with van der Waals surface area (Å²) in [6.07, 6.45) is 0.843. The minimum absolute atomic E-state index is 0.0745. The van der Waals surface area contributed by atoms with E-state index in [0.29, 0.717) is 12.8 Å². The molecule has 1 aromatic carbocycles. The Morgan fingerprint density at radius 1 is 1.33 bits per heavy atom. The molecule has 2 amide bonds.